The number of alkyl halides is 2. The standard InChI is InChI=1S/C16H15Br2NO2/c17-13-9-6-10(14(13)18)12-11(9)15(20)19(16(12)21)7-8-4-2-1-3-5-8/h1-5,9-14H,6-7H2/t9-,10-,11-,12+,13-,14+/m1/s1. The summed E-state index contributed by atoms with van der Waals surface area (Å²) in [6, 6.07) is 9.74. The number of amides is 2. The molecular formula is C16H15Br2NO2. The SMILES string of the molecule is O=C1[C@@H]2[C@H]3C[C@@H]([C@H](Br)[C@@H]3Br)[C@@H]2C(=O)N1Cc1ccccc1. The average Bonchev–Trinajstić information content (AvgIpc) is 3.09. The molecule has 2 saturated carbocycles. The molecule has 3 fully saturated rings. The molecule has 0 spiro atoms. The van der Waals surface area contributed by atoms with Gasteiger partial charge in [-0.2, -0.15) is 0 Å². The van der Waals surface area contributed by atoms with Crippen LogP contribution in [0.15, 0.2) is 30.3 Å². The summed E-state index contributed by atoms with van der Waals surface area (Å²) < 4.78 is 0. The number of likely N-dealkylation sites (tertiary alicyclic amines) is 1. The fourth-order valence-corrected chi connectivity index (χ4v) is 6.21. The van der Waals surface area contributed by atoms with Crippen LogP contribution in [0.4, 0.5) is 0 Å². The van der Waals surface area contributed by atoms with E-state index in [1.165, 1.54) is 4.90 Å². The second-order valence-electron chi connectivity index (χ2n) is 6.25. The maximum Gasteiger partial charge on any atom is 0.233 e. The molecule has 0 aromatic heterocycles. The fraction of sp³-hybridized carbons (Fsp3) is 0.500. The van der Waals surface area contributed by atoms with E-state index in [4.69, 9.17) is 0 Å². The van der Waals surface area contributed by atoms with Gasteiger partial charge in [0.25, 0.3) is 0 Å². The van der Waals surface area contributed by atoms with Crippen molar-refractivity contribution in [1.29, 1.82) is 0 Å². The summed E-state index contributed by atoms with van der Waals surface area (Å²) in [6.07, 6.45) is 0.984. The summed E-state index contributed by atoms with van der Waals surface area (Å²) in [7, 11) is 0. The van der Waals surface area contributed by atoms with Gasteiger partial charge in [0.2, 0.25) is 11.8 Å². The van der Waals surface area contributed by atoms with E-state index in [0.29, 0.717) is 28.0 Å². The van der Waals surface area contributed by atoms with Crippen molar-refractivity contribution in [2.75, 3.05) is 0 Å². The minimum Gasteiger partial charge on any atom is -0.278 e. The van der Waals surface area contributed by atoms with Crippen LogP contribution in [-0.2, 0) is 16.1 Å². The number of halogens is 2. The second-order valence-corrected chi connectivity index (χ2v) is 8.37. The average molecular weight is 413 g/mol. The Morgan fingerprint density at radius 2 is 1.48 bits per heavy atom. The highest BCUT2D eigenvalue weighted by molar-refractivity contribution is 9.12. The van der Waals surface area contributed by atoms with E-state index in [0.717, 1.165) is 12.0 Å². The maximum absolute atomic E-state index is 12.7. The highest BCUT2D eigenvalue weighted by Gasteiger charge is 2.66. The van der Waals surface area contributed by atoms with E-state index >= 15 is 0 Å². The first-order valence-corrected chi connectivity index (χ1v) is 9.10. The third-order valence-corrected chi connectivity index (χ3v) is 8.47. The molecule has 1 aliphatic heterocycles. The molecule has 1 saturated heterocycles. The molecule has 0 unspecified atom stereocenters. The molecule has 5 heteroatoms. The molecular weight excluding hydrogens is 398 g/mol. The molecule has 3 aliphatic rings. The van der Waals surface area contributed by atoms with Crippen molar-refractivity contribution >= 4 is 43.7 Å². The molecule has 1 heterocycles. The lowest BCUT2D eigenvalue weighted by Crippen LogP contribution is -2.37. The maximum atomic E-state index is 12.7. The lowest BCUT2D eigenvalue weighted by atomic mass is 9.81. The van der Waals surface area contributed by atoms with Crippen LogP contribution in [0.5, 0.6) is 0 Å². The Bertz CT molecular complexity index is 574. The highest BCUT2D eigenvalue weighted by atomic mass is 79.9. The number of carbonyl (C=O) groups is 2. The van der Waals surface area contributed by atoms with Gasteiger partial charge in [0, 0.05) is 9.65 Å². The Balaban J connectivity index is 1.62. The molecule has 3 nitrogen and oxygen atoms in total. The normalized spacial score (nSPS) is 41.0. The Kier molecular flexibility index (Phi) is 3.26. The first-order chi connectivity index (χ1) is 10.1. The lowest BCUT2D eigenvalue weighted by Gasteiger charge is -2.28. The van der Waals surface area contributed by atoms with E-state index < -0.39 is 0 Å². The van der Waals surface area contributed by atoms with Gasteiger partial charge in [-0.1, -0.05) is 62.2 Å². The van der Waals surface area contributed by atoms with E-state index in [1.54, 1.807) is 0 Å². The second kappa shape index (κ2) is 4.92. The molecule has 6 atom stereocenters. The Morgan fingerprint density at radius 1 is 0.952 bits per heavy atom. The van der Waals surface area contributed by atoms with Gasteiger partial charge < -0.3 is 0 Å². The highest BCUT2D eigenvalue weighted by Crippen LogP contribution is 2.60. The van der Waals surface area contributed by atoms with Crippen molar-refractivity contribution in [3.63, 3.8) is 0 Å². The molecule has 0 N–H and O–H groups in total. The molecule has 2 bridgehead atoms. The third-order valence-electron chi connectivity index (χ3n) is 5.26. The van der Waals surface area contributed by atoms with Crippen molar-refractivity contribution in [2.24, 2.45) is 23.7 Å². The van der Waals surface area contributed by atoms with Gasteiger partial charge in [-0.25, -0.2) is 0 Å². The summed E-state index contributed by atoms with van der Waals surface area (Å²) in [5, 5.41) is 0. The van der Waals surface area contributed by atoms with Crippen molar-refractivity contribution in [3.8, 4) is 0 Å². The van der Waals surface area contributed by atoms with Crippen LogP contribution in [0, 0.1) is 23.7 Å². The van der Waals surface area contributed by atoms with Crippen molar-refractivity contribution < 1.29 is 9.59 Å². The Labute approximate surface area is 140 Å². The number of nitrogens with zero attached hydrogens (tertiary/aromatic N) is 1. The van der Waals surface area contributed by atoms with Gasteiger partial charge in [-0.15, -0.1) is 0 Å². The number of carbonyl (C=O) groups excluding carboxylic acids is 2. The van der Waals surface area contributed by atoms with E-state index in [2.05, 4.69) is 31.9 Å². The van der Waals surface area contributed by atoms with E-state index in [9.17, 15) is 9.59 Å². The van der Waals surface area contributed by atoms with Gasteiger partial charge in [0.1, 0.15) is 0 Å². The number of rotatable bonds is 2. The van der Waals surface area contributed by atoms with Crippen LogP contribution in [0.25, 0.3) is 0 Å². The monoisotopic (exact) mass is 411 g/mol. The summed E-state index contributed by atoms with van der Waals surface area (Å²) in [4.78, 5) is 27.5. The molecule has 1 aromatic rings. The zero-order valence-corrected chi connectivity index (χ0v) is 14.5. The summed E-state index contributed by atoms with van der Waals surface area (Å²) >= 11 is 7.40. The first-order valence-electron chi connectivity index (χ1n) is 7.27. The molecule has 1 aromatic carbocycles. The molecule has 110 valence electrons. The summed E-state index contributed by atoms with van der Waals surface area (Å²) in [6.45, 7) is 0.408. The topological polar surface area (TPSA) is 37.4 Å². The van der Waals surface area contributed by atoms with E-state index in [1.807, 2.05) is 30.3 Å². The Morgan fingerprint density at radius 3 is 2.00 bits per heavy atom. The van der Waals surface area contributed by atoms with Gasteiger partial charge in [-0.3, -0.25) is 14.5 Å². The third kappa shape index (κ3) is 1.89. The van der Waals surface area contributed by atoms with Gasteiger partial charge in [-0.05, 0) is 23.8 Å². The first kappa shape index (κ1) is 13.9. The molecule has 0 radical (unpaired) electrons. The predicted octanol–water partition coefficient (Wildman–Crippen LogP) is 2.96. The molecule has 2 aliphatic carbocycles. The smallest absolute Gasteiger partial charge is 0.233 e. The fourth-order valence-electron chi connectivity index (χ4n) is 4.33. The van der Waals surface area contributed by atoms with Gasteiger partial charge in [0.15, 0.2) is 0 Å². The van der Waals surface area contributed by atoms with Gasteiger partial charge >= 0.3 is 0 Å². The van der Waals surface area contributed by atoms with Crippen LogP contribution >= 0.6 is 31.9 Å². The van der Waals surface area contributed by atoms with Gasteiger partial charge in [0.05, 0.1) is 18.4 Å². The van der Waals surface area contributed by atoms with Crippen molar-refractivity contribution in [2.45, 2.75) is 22.6 Å². The van der Waals surface area contributed by atoms with E-state index in [-0.39, 0.29) is 23.7 Å². The number of fused-ring (bicyclic) bond motifs is 5. The predicted molar refractivity (Wildman–Crippen MR) is 86.0 cm³/mol. The van der Waals surface area contributed by atoms with Crippen LogP contribution < -0.4 is 0 Å². The Hall–Kier alpha value is -0.680. The van der Waals surface area contributed by atoms with Crippen LogP contribution in [0.1, 0.15) is 12.0 Å². The van der Waals surface area contributed by atoms with Crippen molar-refractivity contribution in [1.82, 2.24) is 4.90 Å². The molecule has 2 amide bonds. The van der Waals surface area contributed by atoms with Crippen LogP contribution in [0.3, 0.4) is 0 Å². The molecule has 4 rings (SSSR count). The summed E-state index contributed by atoms with van der Waals surface area (Å²) in [5.74, 6) is 0.437. The quantitative estimate of drug-likeness (QED) is 0.553. The summed E-state index contributed by atoms with van der Waals surface area (Å²) in [5.41, 5.74) is 1.01. The van der Waals surface area contributed by atoms with Crippen LogP contribution in [0.2, 0.25) is 0 Å². The number of imide groups is 1. The number of benzene rings is 1. The number of hydrogen-bond donors (Lipinski definition) is 0. The largest absolute Gasteiger partial charge is 0.278 e. The zero-order valence-electron chi connectivity index (χ0n) is 11.3. The minimum atomic E-state index is -0.107. The zero-order chi connectivity index (χ0) is 14.7. The van der Waals surface area contributed by atoms with Crippen molar-refractivity contribution in [3.05, 3.63) is 35.9 Å². The molecule has 21 heavy (non-hydrogen) atoms. The van der Waals surface area contributed by atoms with Crippen LogP contribution in [-0.4, -0.2) is 26.4 Å². The number of hydrogen-bond acceptors (Lipinski definition) is 2. The lowest BCUT2D eigenvalue weighted by molar-refractivity contribution is -0.141. The minimum absolute atomic E-state index is 0.0326.